The molecule has 0 spiro atoms. The number of H-pyrrole nitrogens is 1. The molecule has 5 nitrogen and oxygen atoms in total. The number of nitrogens with one attached hydrogen (secondary N) is 2. The molecule has 1 heterocycles. The fourth-order valence-corrected chi connectivity index (χ4v) is 3.79. The first-order chi connectivity index (χ1) is 9.86. The predicted octanol–water partition coefficient (Wildman–Crippen LogP) is 3.29. The minimum Gasteiger partial charge on any atom is -0.347 e. The molecule has 0 saturated heterocycles. The average Bonchev–Trinajstić information content (AvgIpc) is 2.96. The summed E-state index contributed by atoms with van der Waals surface area (Å²) < 4.78 is 40.7. The molecule has 0 fully saturated rings. The molecule has 2 aromatic rings. The zero-order chi connectivity index (χ0) is 15.6. The van der Waals surface area contributed by atoms with Crippen molar-refractivity contribution in [1.29, 1.82) is 0 Å². The predicted molar refractivity (Wildman–Crippen MR) is 78.4 cm³/mol. The molecule has 0 radical (unpaired) electrons. The Kier molecular flexibility index (Phi) is 4.88. The van der Waals surface area contributed by atoms with Crippen molar-refractivity contribution in [3.05, 3.63) is 46.2 Å². The number of benzene rings is 1. The summed E-state index contributed by atoms with van der Waals surface area (Å²) >= 11 is 11.3. The van der Waals surface area contributed by atoms with Crippen molar-refractivity contribution >= 4 is 33.2 Å². The van der Waals surface area contributed by atoms with Crippen LogP contribution in [0.4, 0.5) is 4.39 Å². The van der Waals surface area contributed by atoms with Gasteiger partial charge in [0.05, 0.1) is 16.1 Å². The van der Waals surface area contributed by atoms with Gasteiger partial charge < -0.3 is 4.98 Å². The van der Waals surface area contributed by atoms with E-state index in [0.717, 1.165) is 12.1 Å². The maximum atomic E-state index is 13.6. The molecule has 9 heteroatoms. The molecule has 1 atom stereocenters. The third kappa shape index (κ3) is 3.37. The van der Waals surface area contributed by atoms with Crippen molar-refractivity contribution in [3.8, 4) is 0 Å². The zero-order valence-electron chi connectivity index (χ0n) is 10.9. The lowest BCUT2D eigenvalue weighted by Gasteiger charge is -2.16. The number of nitrogens with zero attached hydrogens (tertiary/aromatic N) is 1. The minimum atomic E-state index is -4.01. The molecular formula is C12H12Cl2FN3O2S. The Balaban J connectivity index is 2.37. The van der Waals surface area contributed by atoms with E-state index < -0.39 is 26.9 Å². The summed E-state index contributed by atoms with van der Waals surface area (Å²) in [6.07, 6.45) is 3.56. The molecule has 21 heavy (non-hydrogen) atoms. The van der Waals surface area contributed by atoms with Crippen molar-refractivity contribution in [2.75, 3.05) is 0 Å². The van der Waals surface area contributed by atoms with Crippen LogP contribution in [-0.4, -0.2) is 18.4 Å². The van der Waals surface area contributed by atoms with Gasteiger partial charge in [-0.15, -0.1) is 0 Å². The maximum Gasteiger partial charge on any atom is 0.242 e. The Morgan fingerprint density at radius 1 is 1.43 bits per heavy atom. The fourth-order valence-electron chi connectivity index (χ4n) is 1.77. The summed E-state index contributed by atoms with van der Waals surface area (Å²) in [5, 5.41) is -0.777. The summed E-state index contributed by atoms with van der Waals surface area (Å²) in [6, 6.07) is 1.73. The third-order valence-corrected chi connectivity index (χ3v) is 5.13. The lowest BCUT2D eigenvalue weighted by Crippen LogP contribution is -2.29. The third-order valence-electron chi connectivity index (χ3n) is 2.84. The van der Waals surface area contributed by atoms with E-state index in [1.54, 1.807) is 13.1 Å². The van der Waals surface area contributed by atoms with Crippen LogP contribution in [0, 0.1) is 5.82 Å². The number of aromatic nitrogens is 2. The van der Waals surface area contributed by atoms with Crippen molar-refractivity contribution < 1.29 is 12.8 Å². The summed E-state index contributed by atoms with van der Waals surface area (Å²) in [6.45, 7) is 1.79. The Hall–Kier alpha value is -1.15. The van der Waals surface area contributed by atoms with Gasteiger partial charge in [-0.25, -0.2) is 22.5 Å². The maximum absolute atomic E-state index is 13.6. The largest absolute Gasteiger partial charge is 0.347 e. The van der Waals surface area contributed by atoms with E-state index in [4.69, 9.17) is 23.2 Å². The smallest absolute Gasteiger partial charge is 0.242 e. The zero-order valence-corrected chi connectivity index (χ0v) is 13.2. The van der Waals surface area contributed by atoms with Gasteiger partial charge >= 0.3 is 0 Å². The van der Waals surface area contributed by atoms with Crippen LogP contribution in [0.25, 0.3) is 0 Å². The van der Waals surface area contributed by atoms with Crippen molar-refractivity contribution in [2.45, 2.75) is 24.3 Å². The van der Waals surface area contributed by atoms with E-state index in [1.165, 1.54) is 6.20 Å². The highest BCUT2D eigenvalue weighted by Crippen LogP contribution is 2.30. The molecule has 0 aliphatic rings. The Morgan fingerprint density at radius 2 is 2.14 bits per heavy atom. The van der Waals surface area contributed by atoms with Gasteiger partial charge in [-0.2, -0.15) is 0 Å². The molecule has 1 aromatic carbocycles. The summed E-state index contributed by atoms with van der Waals surface area (Å²) in [4.78, 5) is 6.48. The number of hydrogen-bond acceptors (Lipinski definition) is 3. The van der Waals surface area contributed by atoms with Gasteiger partial charge in [0.25, 0.3) is 0 Å². The van der Waals surface area contributed by atoms with Crippen molar-refractivity contribution in [2.24, 2.45) is 0 Å². The van der Waals surface area contributed by atoms with E-state index in [0.29, 0.717) is 12.2 Å². The lowest BCUT2D eigenvalue weighted by molar-refractivity contribution is 0.538. The van der Waals surface area contributed by atoms with E-state index in [2.05, 4.69) is 14.7 Å². The Bertz CT molecular complexity index is 735. The molecule has 2 N–H and O–H groups in total. The Labute approximate surface area is 131 Å². The molecule has 1 aromatic heterocycles. The van der Waals surface area contributed by atoms with E-state index in [1.807, 2.05) is 0 Å². The summed E-state index contributed by atoms with van der Waals surface area (Å²) in [7, 11) is -4.01. The van der Waals surface area contributed by atoms with Crippen LogP contribution in [-0.2, 0) is 10.0 Å². The highest BCUT2D eigenvalue weighted by Gasteiger charge is 2.26. The van der Waals surface area contributed by atoms with Crippen LogP contribution in [0.15, 0.2) is 29.4 Å². The second kappa shape index (κ2) is 6.31. The van der Waals surface area contributed by atoms with Crippen LogP contribution < -0.4 is 4.72 Å². The highest BCUT2D eigenvalue weighted by molar-refractivity contribution is 7.89. The normalized spacial score (nSPS) is 13.3. The number of rotatable bonds is 5. The molecule has 0 saturated carbocycles. The van der Waals surface area contributed by atoms with Gasteiger partial charge in [-0.05, 0) is 18.6 Å². The lowest BCUT2D eigenvalue weighted by atomic mass is 10.2. The Morgan fingerprint density at radius 3 is 2.71 bits per heavy atom. The van der Waals surface area contributed by atoms with Gasteiger partial charge in [0.2, 0.25) is 10.0 Å². The van der Waals surface area contributed by atoms with E-state index in [9.17, 15) is 12.8 Å². The number of halogens is 3. The number of aromatic amines is 1. The first-order valence-corrected chi connectivity index (χ1v) is 8.25. The minimum absolute atomic E-state index is 0.239. The van der Waals surface area contributed by atoms with Gasteiger partial charge in [0, 0.05) is 12.4 Å². The molecular weight excluding hydrogens is 340 g/mol. The number of imidazole rings is 1. The number of sulfonamides is 1. The standard InChI is InChI=1S/C12H12Cl2FN3O2S/c1-2-8(12-16-5-6-17-12)18-21(19,20)9-4-3-7(13)11(15)10(9)14/h3-6,8,18H,2H2,1H3,(H,16,17). The van der Waals surface area contributed by atoms with Crippen LogP contribution in [0.3, 0.4) is 0 Å². The molecule has 0 bridgehead atoms. The SMILES string of the molecule is CCC(NS(=O)(=O)c1ccc(Cl)c(F)c1Cl)c1ncc[nH]1. The van der Waals surface area contributed by atoms with Crippen LogP contribution in [0.1, 0.15) is 25.2 Å². The fraction of sp³-hybridized carbons (Fsp3) is 0.250. The molecule has 1 unspecified atom stereocenters. The topological polar surface area (TPSA) is 74.8 Å². The van der Waals surface area contributed by atoms with Crippen LogP contribution in [0.2, 0.25) is 10.0 Å². The summed E-state index contributed by atoms with van der Waals surface area (Å²) in [5.41, 5.74) is 0. The van der Waals surface area contributed by atoms with Gasteiger partial charge in [-0.3, -0.25) is 0 Å². The molecule has 114 valence electrons. The van der Waals surface area contributed by atoms with Crippen LogP contribution in [0.5, 0.6) is 0 Å². The monoisotopic (exact) mass is 351 g/mol. The quantitative estimate of drug-likeness (QED) is 0.811. The van der Waals surface area contributed by atoms with Gasteiger partial charge in [-0.1, -0.05) is 30.1 Å². The van der Waals surface area contributed by atoms with E-state index >= 15 is 0 Å². The highest BCUT2D eigenvalue weighted by atomic mass is 35.5. The van der Waals surface area contributed by atoms with Crippen molar-refractivity contribution in [1.82, 2.24) is 14.7 Å². The van der Waals surface area contributed by atoms with Gasteiger partial charge in [0.1, 0.15) is 10.7 Å². The van der Waals surface area contributed by atoms with Crippen molar-refractivity contribution in [3.63, 3.8) is 0 Å². The van der Waals surface area contributed by atoms with E-state index in [-0.39, 0.29) is 9.92 Å². The second-order valence-electron chi connectivity index (χ2n) is 4.23. The van der Waals surface area contributed by atoms with Crippen LogP contribution >= 0.6 is 23.2 Å². The second-order valence-corrected chi connectivity index (χ2v) is 6.70. The first-order valence-electron chi connectivity index (χ1n) is 6.02. The first kappa shape index (κ1) is 16.2. The van der Waals surface area contributed by atoms with Gasteiger partial charge in [0.15, 0.2) is 5.82 Å². The molecule has 0 amide bonds. The average molecular weight is 352 g/mol. The molecule has 2 rings (SSSR count). The molecule has 0 aliphatic carbocycles. The number of hydrogen-bond donors (Lipinski definition) is 2. The molecule has 0 aliphatic heterocycles. The summed E-state index contributed by atoms with van der Waals surface area (Å²) in [5.74, 6) is -0.501.